The van der Waals surface area contributed by atoms with Crippen LogP contribution in [0.1, 0.15) is 53.4 Å². The Morgan fingerprint density at radius 3 is 2.21 bits per heavy atom. The van der Waals surface area contributed by atoms with Crippen LogP contribution in [0.5, 0.6) is 0 Å². The predicted molar refractivity (Wildman–Crippen MR) is 81.5 cm³/mol. The van der Waals surface area contributed by atoms with Gasteiger partial charge in [-0.15, -0.1) is 6.92 Å². The van der Waals surface area contributed by atoms with Crippen molar-refractivity contribution >= 4 is 11.6 Å². The first-order valence-corrected chi connectivity index (χ1v) is 7.17. The van der Waals surface area contributed by atoms with Crippen LogP contribution in [0.25, 0.3) is 0 Å². The van der Waals surface area contributed by atoms with Crippen molar-refractivity contribution in [2.45, 2.75) is 53.4 Å². The molecular formula is C17H24ClRu. The Bertz CT molecular complexity index is 399. The van der Waals surface area contributed by atoms with E-state index >= 15 is 0 Å². The van der Waals surface area contributed by atoms with Gasteiger partial charge in [-0.1, -0.05) is 56.5 Å². The van der Waals surface area contributed by atoms with E-state index in [1.54, 1.807) is 0 Å². The van der Waals surface area contributed by atoms with Crippen LogP contribution < -0.4 is 0 Å². The Kier molecular flexibility index (Phi) is 9.66. The molecule has 1 atom stereocenters. The van der Waals surface area contributed by atoms with E-state index in [1.807, 2.05) is 0 Å². The van der Waals surface area contributed by atoms with Gasteiger partial charge in [-0.25, -0.2) is 5.57 Å². The van der Waals surface area contributed by atoms with E-state index in [0.29, 0.717) is 5.92 Å². The summed E-state index contributed by atoms with van der Waals surface area (Å²) in [4.78, 5) is 0. The van der Waals surface area contributed by atoms with Crippen molar-refractivity contribution in [1.29, 1.82) is 0 Å². The minimum Gasteiger partial charge on any atom is -0.266 e. The quantitative estimate of drug-likeness (QED) is 0.282. The Labute approximate surface area is 136 Å². The normalized spacial score (nSPS) is 26.9. The molecule has 1 radical (unpaired) electrons. The van der Waals surface area contributed by atoms with Crippen LogP contribution in [0.3, 0.4) is 0 Å². The largest absolute Gasteiger partial charge is 1.00 e. The van der Waals surface area contributed by atoms with E-state index in [4.69, 9.17) is 11.6 Å². The maximum atomic E-state index is 5.82. The second kappa shape index (κ2) is 9.73. The van der Waals surface area contributed by atoms with Crippen LogP contribution in [0.2, 0.25) is 0 Å². The molecule has 2 aliphatic rings. The Morgan fingerprint density at radius 1 is 1.11 bits per heavy atom. The molecule has 0 saturated heterocycles. The van der Waals surface area contributed by atoms with Gasteiger partial charge in [0.1, 0.15) is 0 Å². The number of halogens is 1. The van der Waals surface area contributed by atoms with Crippen molar-refractivity contribution in [2.24, 2.45) is 5.92 Å². The molecule has 2 heteroatoms. The molecule has 19 heavy (non-hydrogen) atoms. The van der Waals surface area contributed by atoms with Crippen molar-refractivity contribution in [2.75, 3.05) is 0 Å². The van der Waals surface area contributed by atoms with E-state index in [0.717, 1.165) is 30.7 Å². The van der Waals surface area contributed by atoms with Gasteiger partial charge in [-0.2, -0.15) is 11.1 Å². The van der Waals surface area contributed by atoms with Crippen molar-refractivity contribution < 1.29 is 19.5 Å². The zero-order valence-electron chi connectivity index (χ0n) is 12.4. The zero-order valence-corrected chi connectivity index (χ0v) is 14.9. The zero-order chi connectivity index (χ0) is 13.5. The summed E-state index contributed by atoms with van der Waals surface area (Å²) < 4.78 is 0. The molecule has 0 fully saturated rings. The van der Waals surface area contributed by atoms with Crippen molar-refractivity contribution in [3.63, 3.8) is 0 Å². The van der Waals surface area contributed by atoms with Crippen LogP contribution >= 0.6 is 11.6 Å². The molecule has 0 nitrogen and oxygen atoms in total. The monoisotopic (exact) mass is 365 g/mol. The standard InChI is InChI=1S/C9H13.C8H11Cl.Ru/c1-6-5-7(2)9(4)8(6)3;9-8-6-4-2-1-3-5-7-8;/h6H,1-4H3;1-2,7H,3-6H2;/q-1;;+1/b;2-1-,8-7+;. The summed E-state index contributed by atoms with van der Waals surface area (Å²) in [5.41, 5.74) is 4.25. The fourth-order valence-electron chi connectivity index (χ4n) is 2.06. The van der Waals surface area contributed by atoms with Crippen LogP contribution in [0.15, 0.2) is 40.0 Å². The van der Waals surface area contributed by atoms with E-state index in [-0.39, 0.29) is 19.5 Å². The minimum atomic E-state index is 0. The first kappa shape index (κ1) is 18.9. The van der Waals surface area contributed by atoms with Gasteiger partial charge < -0.3 is 0 Å². The van der Waals surface area contributed by atoms with Gasteiger partial charge in [-0.3, -0.25) is 6.08 Å². The molecule has 2 aliphatic carbocycles. The summed E-state index contributed by atoms with van der Waals surface area (Å²) in [6.07, 6.45) is 14.3. The van der Waals surface area contributed by atoms with Gasteiger partial charge in [0, 0.05) is 5.03 Å². The summed E-state index contributed by atoms with van der Waals surface area (Å²) in [6, 6.07) is 0. The maximum absolute atomic E-state index is 5.82. The number of rotatable bonds is 0. The Morgan fingerprint density at radius 2 is 1.74 bits per heavy atom. The summed E-state index contributed by atoms with van der Waals surface area (Å²) in [7, 11) is 0. The number of hydrogen-bond acceptors (Lipinski definition) is 0. The van der Waals surface area contributed by atoms with E-state index in [2.05, 4.69) is 52.0 Å². The molecule has 0 aliphatic heterocycles. The van der Waals surface area contributed by atoms with Crippen LogP contribution in [-0.2, 0) is 19.5 Å². The average molecular weight is 365 g/mol. The predicted octanol–water partition coefficient (Wildman–Crippen LogP) is 5.96. The molecule has 2 rings (SSSR count). The first-order chi connectivity index (χ1) is 8.52. The fraction of sp³-hybridized carbons (Fsp3) is 0.529. The molecule has 1 unspecified atom stereocenters. The van der Waals surface area contributed by atoms with E-state index < -0.39 is 0 Å². The van der Waals surface area contributed by atoms with Crippen molar-refractivity contribution in [3.05, 3.63) is 46.1 Å². The molecule has 0 bridgehead atoms. The number of allylic oxidation sites excluding steroid dienone is 8. The fourth-order valence-corrected chi connectivity index (χ4v) is 2.28. The van der Waals surface area contributed by atoms with Crippen LogP contribution in [-0.4, -0.2) is 0 Å². The smallest absolute Gasteiger partial charge is 0.266 e. The third-order valence-corrected chi connectivity index (χ3v) is 4.00. The topological polar surface area (TPSA) is 0 Å². The molecule has 0 aromatic heterocycles. The summed E-state index contributed by atoms with van der Waals surface area (Å²) in [5, 5.41) is 1.03. The SMILES string of the molecule is CC1=[C-]C(C)C(C)=C1C.Cl/C1=C/CC/C=C\CC1.[Ru+]. The second-order valence-electron chi connectivity index (χ2n) is 5.04. The van der Waals surface area contributed by atoms with E-state index in [1.165, 1.54) is 16.7 Å². The minimum absolute atomic E-state index is 0. The summed E-state index contributed by atoms with van der Waals surface area (Å²) in [5.74, 6) is 0.560. The van der Waals surface area contributed by atoms with Gasteiger partial charge in [0.15, 0.2) is 0 Å². The molecular weight excluding hydrogens is 341 g/mol. The first-order valence-electron chi connectivity index (χ1n) is 6.79. The Hall–Kier alpha value is -0.127. The van der Waals surface area contributed by atoms with Gasteiger partial charge in [-0.05, 0) is 25.7 Å². The molecule has 0 spiro atoms. The molecule has 0 aromatic carbocycles. The summed E-state index contributed by atoms with van der Waals surface area (Å²) >= 11 is 5.82. The van der Waals surface area contributed by atoms with Gasteiger partial charge in [0.25, 0.3) is 0 Å². The Balaban J connectivity index is 0.000000324. The summed E-state index contributed by atoms with van der Waals surface area (Å²) in [6.45, 7) is 8.67. The third-order valence-electron chi connectivity index (χ3n) is 3.65. The number of hydrogen-bond donors (Lipinski definition) is 0. The van der Waals surface area contributed by atoms with Crippen molar-refractivity contribution in [1.82, 2.24) is 0 Å². The molecule has 0 aromatic rings. The van der Waals surface area contributed by atoms with E-state index in [9.17, 15) is 0 Å². The molecule has 0 heterocycles. The van der Waals surface area contributed by atoms with Gasteiger partial charge in [0.05, 0.1) is 0 Å². The molecule has 0 N–H and O–H groups in total. The van der Waals surface area contributed by atoms with Crippen LogP contribution in [0.4, 0.5) is 0 Å². The van der Waals surface area contributed by atoms with Crippen LogP contribution in [0, 0.1) is 12.0 Å². The van der Waals surface area contributed by atoms with Crippen molar-refractivity contribution in [3.8, 4) is 0 Å². The molecule has 0 saturated carbocycles. The van der Waals surface area contributed by atoms with Gasteiger partial charge >= 0.3 is 19.5 Å². The van der Waals surface area contributed by atoms with Gasteiger partial charge in [0.2, 0.25) is 0 Å². The average Bonchev–Trinajstić information content (AvgIpc) is 2.52. The molecule has 0 amide bonds. The third kappa shape index (κ3) is 6.73. The maximum Gasteiger partial charge on any atom is 1.00 e. The molecule has 107 valence electrons. The second-order valence-corrected chi connectivity index (χ2v) is 5.52.